The zero-order valence-corrected chi connectivity index (χ0v) is 13.8. The first-order valence-corrected chi connectivity index (χ1v) is 7.58. The second kappa shape index (κ2) is 8.14. The second-order valence-electron chi connectivity index (χ2n) is 5.25. The molecule has 0 aliphatic heterocycles. The number of carboxylic acid groups (broad SMARTS) is 1. The van der Waals surface area contributed by atoms with E-state index in [1.54, 1.807) is 31.2 Å². The number of phenols is 1. The molecule has 2 aromatic carbocycles. The van der Waals surface area contributed by atoms with Crippen molar-refractivity contribution in [1.82, 2.24) is 0 Å². The molecule has 2 rings (SSSR count). The van der Waals surface area contributed by atoms with Gasteiger partial charge in [0.2, 0.25) is 6.61 Å². The number of aryl methyl sites for hydroxylation is 1. The van der Waals surface area contributed by atoms with Crippen LogP contribution in [0.2, 0.25) is 0 Å². The van der Waals surface area contributed by atoms with E-state index in [0.717, 1.165) is 12.0 Å². The molecule has 2 aromatic rings. The van der Waals surface area contributed by atoms with Gasteiger partial charge in [-0.25, -0.2) is 9.18 Å². The SMILES string of the molecule is CCc1ccc(Oc2ccc(/C(C)=N/OCC(=O)O)cc2F)c(O)c1. The van der Waals surface area contributed by atoms with Gasteiger partial charge in [0.15, 0.2) is 23.1 Å². The van der Waals surface area contributed by atoms with Gasteiger partial charge in [0.05, 0.1) is 5.71 Å². The lowest BCUT2D eigenvalue weighted by Gasteiger charge is -2.10. The minimum atomic E-state index is -1.15. The van der Waals surface area contributed by atoms with E-state index in [1.807, 2.05) is 6.92 Å². The summed E-state index contributed by atoms with van der Waals surface area (Å²) in [5, 5.41) is 22.0. The van der Waals surface area contributed by atoms with E-state index in [9.17, 15) is 14.3 Å². The van der Waals surface area contributed by atoms with Crippen molar-refractivity contribution in [2.45, 2.75) is 20.3 Å². The van der Waals surface area contributed by atoms with Crippen molar-refractivity contribution in [3.05, 3.63) is 53.3 Å². The van der Waals surface area contributed by atoms with Gasteiger partial charge in [0.1, 0.15) is 0 Å². The first-order chi connectivity index (χ1) is 11.9. The largest absolute Gasteiger partial charge is 0.504 e. The Morgan fingerprint density at radius 3 is 2.52 bits per heavy atom. The maximum absolute atomic E-state index is 14.2. The fourth-order valence-corrected chi connectivity index (χ4v) is 2.03. The van der Waals surface area contributed by atoms with Crippen molar-refractivity contribution in [3.8, 4) is 17.2 Å². The van der Waals surface area contributed by atoms with Gasteiger partial charge in [-0.1, -0.05) is 18.1 Å². The summed E-state index contributed by atoms with van der Waals surface area (Å²) in [6.45, 7) is 2.94. The standard InChI is InChI=1S/C18H18FNO5/c1-3-12-4-6-17(15(21)8-12)25-16-7-5-13(9-14(16)19)11(2)20-24-10-18(22)23/h4-9,21H,3,10H2,1-2H3,(H,22,23)/b20-11+. The highest BCUT2D eigenvalue weighted by Crippen LogP contribution is 2.33. The number of nitrogens with zero attached hydrogens (tertiary/aromatic N) is 1. The molecule has 0 bridgehead atoms. The van der Waals surface area contributed by atoms with Crippen LogP contribution in [0.4, 0.5) is 4.39 Å². The topological polar surface area (TPSA) is 88.4 Å². The number of ether oxygens (including phenoxy) is 1. The van der Waals surface area contributed by atoms with Crippen LogP contribution in [0, 0.1) is 5.82 Å². The number of aliphatic carboxylic acids is 1. The molecular formula is C18H18FNO5. The van der Waals surface area contributed by atoms with E-state index in [0.29, 0.717) is 11.3 Å². The third-order valence-electron chi connectivity index (χ3n) is 3.39. The van der Waals surface area contributed by atoms with Gasteiger partial charge in [-0.15, -0.1) is 0 Å². The van der Waals surface area contributed by atoms with E-state index in [1.165, 1.54) is 12.1 Å². The summed E-state index contributed by atoms with van der Waals surface area (Å²) >= 11 is 0. The highest BCUT2D eigenvalue weighted by Gasteiger charge is 2.11. The molecular weight excluding hydrogens is 329 g/mol. The Hall–Kier alpha value is -3.09. The predicted molar refractivity (Wildman–Crippen MR) is 89.8 cm³/mol. The van der Waals surface area contributed by atoms with Crippen LogP contribution in [0.3, 0.4) is 0 Å². The Balaban J connectivity index is 2.15. The molecule has 6 nitrogen and oxygen atoms in total. The summed E-state index contributed by atoms with van der Waals surface area (Å²) in [7, 11) is 0. The minimum Gasteiger partial charge on any atom is -0.504 e. The van der Waals surface area contributed by atoms with Gasteiger partial charge in [-0.3, -0.25) is 0 Å². The molecule has 0 saturated heterocycles. The van der Waals surface area contributed by atoms with E-state index in [4.69, 9.17) is 9.84 Å². The number of carbonyl (C=O) groups is 1. The molecule has 7 heteroatoms. The normalized spacial score (nSPS) is 11.2. The van der Waals surface area contributed by atoms with Crippen LogP contribution in [0.1, 0.15) is 25.0 Å². The van der Waals surface area contributed by atoms with Crippen LogP contribution >= 0.6 is 0 Å². The maximum atomic E-state index is 14.2. The van der Waals surface area contributed by atoms with Crippen molar-refractivity contribution in [2.75, 3.05) is 6.61 Å². The number of benzene rings is 2. The van der Waals surface area contributed by atoms with Crippen molar-refractivity contribution in [3.63, 3.8) is 0 Å². The molecule has 0 radical (unpaired) electrons. The van der Waals surface area contributed by atoms with E-state index >= 15 is 0 Å². The van der Waals surface area contributed by atoms with Gasteiger partial charge >= 0.3 is 5.97 Å². The lowest BCUT2D eigenvalue weighted by atomic mass is 10.1. The van der Waals surface area contributed by atoms with E-state index < -0.39 is 18.4 Å². The Morgan fingerprint density at radius 2 is 1.92 bits per heavy atom. The highest BCUT2D eigenvalue weighted by molar-refractivity contribution is 5.98. The smallest absolute Gasteiger partial charge is 0.344 e. The molecule has 0 saturated carbocycles. The van der Waals surface area contributed by atoms with Gasteiger partial charge in [-0.2, -0.15) is 0 Å². The number of phenolic OH excluding ortho intramolecular Hbond substituents is 1. The Labute approximate surface area is 144 Å². The van der Waals surface area contributed by atoms with E-state index in [-0.39, 0.29) is 17.2 Å². The van der Waals surface area contributed by atoms with Gasteiger partial charge in [-0.05, 0) is 49.2 Å². The molecule has 132 valence electrons. The van der Waals surface area contributed by atoms with Crippen LogP contribution in [0.15, 0.2) is 41.6 Å². The molecule has 25 heavy (non-hydrogen) atoms. The Morgan fingerprint density at radius 1 is 1.20 bits per heavy atom. The summed E-state index contributed by atoms with van der Waals surface area (Å²) in [6.07, 6.45) is 0.763. The Kier molecular flexibility index (Phi) is 5.94. The number of aromatic hydroxyl groups is 1. The molecule has 0 spiro atoms. The monoisotopic (exact) mass is 347 g/mol. The van der Waals surface area contributed by atoms with Gasteiger partial charge in [0, 0.05) is 5.56 Å². The number of halogens is 1. The fourth-order valence-electron chi connectivity index (χ4n) is 2.03. The maximum Gasteiger partial charge on any atom is 0.344 e. The Bertz CT molecular complexity index is 804. The van der Waals surface area contributed by atoms with Crippen LogP contribution in [0.5, 0.6) is 17.2 Å². The minimum absolute atomic E-state index is 0.0532. The number of carboxylic acids is 1. The van der Waals surface area contributed by atoms with E-state index in [2.05, 4.69) is 9.99 Å². The molecule has 0 unspecified atom stereocenters. The third kappa shape index (κ3) is 4.94. The van der Waals surface area contributed by atoms with Gasteiger partial charge in [0.25, 0.3) is 0 Å². The second-order valence-corrected chi connectivity index (χ2v) is 5.25. The van der Waals surface area contributed by atoms with Crippen molar-refractivity contribution in [2.24, 2.45) is 5.16 Å². The number of hydrogen-bond acceptors (Lipinski definition) is 5. The average Bonchev–Trinajstić information content (AvgIpc) is 2.57. The van der Waals surface area contributed by atoms with Gasteiger partial charge < -0.3 is 19.8 Å². The first kappa shape index (κ1) is 18.3. The highest BCUT2D eigenvalue weighted by atomic mass is 19.1. The van der Waals surface area contributed by atoms with Crippen LogP contribution < -0.4 is 4.74 Å². The lowest BCUT2D eigenvalue weighted by molar-refractivity contribution is -0.142. The van der Waals surface area contributed by atoms with Crippen molar-refractivity contribution < 1.29 is 29.0 Å². The predicted octanol–water partition coefficient (Wildman–Crippen LogP) is 3.71. The molecule has 2 N–H and O–H groups in total. The fraction of sp³-hybridized carbons (Fsp3) is 0.222. The molecule has 0 amide bonds. The molecule has 0 aliphatic rings. The van der Waals surface area contributed by atoms with Crippen LogP contribution in [-0.2, 0) is 16.1 Å². The number of hydrogen-bond donors (Lipinski definition) is 2. The van der Waals surface area contributed by atoms with Crippen molar-refractivity contribution in [1.29, 1.82) is 0 Å². The third-order valence-corrected chi connectivity index (χ3v) is 3.39. The molecule has 0 aromatic heterocycles. The number of oxime groups is 1. The van der Waals surface area contributed by atoms with Crippen LogP contribution in [-0.4, -0.2) is 28.5 Å². The first-order valence-electron chi connectivity index (χ1n) is 7.58. The zero-order chi connectivity index (χ0) is 18.4. The number of rotatable bonds is 7. The van der Waals surface area contributed by atoms with Crippen molar-refractivity contribution >= 4 is 11.7 Å². The molecule has 0 heterocycles. The summed E-state index contributed by atoms with van der Waals surface area (Å²) in [4.78, 5) is 15.0. The summed E-state index contributed by atoms with van der Waals surface area (Å²) < 4.78 is 19.6. The summed E-state index contributed by atoms with van der Waals surface area (Å²) in [6, 6.07) is 9.08. The summed E-state index contributed by atoms with van der Waals surface area (Å²) in [5.41, 5.74) is 1.68. The molecule has 0 atom stereocenters. The lowest BCUT2D eigenvalue weighted by Crippen LogP contribution is -2.05. The zero-order valence-electron chi connectivity index (χ0n) is 13.8. The molecule has 0 aliphatic carbocycles. The molecule has 0 fully saturated rings. The quantitative estimate of drug-likeness (QED) is 0.589. The summed E-state index contributed by atoms with van der Waals surface area (Å²) in [5.74, 6) is -1.77. The van der Waals surface area contributed by atoms with Crippen LogP contribution in [0.25, 0.3) is 0 Å². The average molecular weight is 347 g/mol.